The molecule has 0 aliphatic heterocycles. The molecule has 0 aliphatic carbocycles. The van der Waals surface area contributed by atoms with Crippen molar-refractivity contribution in [1.29, 1.82) is 0 Å². The summed E-state index contributed by atoms with van der Waals surface area (Å²) >= 11 is 0. The van der Waals surface area contributed by atoms with Gasteiger partial charge in [0.15, 0.2) is 0 Å². The smallest absolute Gasteiger partial charge is 0.326 e. The predicted molar refractivity (Wildman–Crippen MR) is 66.5 cm³/mol. The van der Waals surface area contributed by atoms with Crippen LogP contribution in [-0.2, 0) is 4.79 Å². The fraction of sp³-hybridized carbons (Fsp3) is 0.538. The van der Waals surface area contributed by atoms with Gasteiger partial charge in [-0.15, -0.1) is 0 Å². The van der Waals surface area contributed by atoms with Crippen molar-refractivity contribution >= 4 is 11.9 Å². The molecule has 18 heavy (non-hydrogen) atoms. The molecule has 0 saturated carbocycles. The van der Waals surface area contributed by atoms with Crippen LogP contribution >= 0.6 is 0 Å². The molecule has 1 aromatic rings. The molecular weight excluding hydrogens is 234 g/mol. The maximum atomic E-state index is 12.0. The second kappa shape index (κ2) is 5.71. The van der Waals surface area contributed by atoms with Crippen molar-refractivity contribution in [2.75, 3.05) is 0 Å². The molecule has 1 amide bonds. The number of nitrogens with one attached hydrogen (secondary N) is 1. The van der Waals surface area contributed by atoms with Crippen LogP contribution in [0.25, 0.3) is 0 Å². The Morgan fingerprint density at radius 2 is 2.06 bits per heavy atom. The van der Waals surface area contributed by atoms with Gasteiger partial charge in [0.25, 0.3) is 5.91 Å². The highest BCUT2D eigenvalue weighted by Gasteiger charge is 2.26. The van der Waals surface area contributed by atoms with E-state index >= 15 is 0 Å². The van der Waals surface area contributed by atoms with Crippen LogP contribution in [0.2, 0.25) is 0 Å². The van der Waals surface area contributed by atoms with Gasteiger partial charge in [0.05, 0.1) is 5.56 Å². The third-order valence-electron chi connectivity index (χ3n) is 3.05. The minimum atomic E-state index is -1.02. The molecule has 2 atom stereocenters. The molecule has 0 fully saturated rings. The molecule has 100 valence electrons. The fourth-order valence-electron chi connectivity index (χ4n) is 1.76. The lowest BCUT2D eigenvalue weighted by Crippen LogP contribution is -2.45. The van der Waals surface area contributed by atoms with Crippen molar-refractivity contribution in [3.05, 3.63) is 23.2 Å². The molecule has 0 spiro atoms. The van der Waals surface area contributed by atoms with Gasteiger partial charge in [-0.3, -0.25) is 4.79 Å². The van der Waals surface area contributed by atoms with Gasteiger partial charge in [-0.2, -0.15) is 0 Å². The number of aryl methyl sites for hydroxylation is 2. The summed E-state index contributed by atoms with van der Waals surface area (Å²) in [5.74, 6) is -0.418. The number of aliphatic carboxylic acids is 1. The Hall–Kier alpha value is -1.78. The summed E-state index contributed by atoms with van der Waals surface area (Å²) < 4.78 is 5.26. The number of hydrogen-bond acceptors (Lipinski definition) is 3. The first-order valence-corrected chi connectivity index (χ1v) is 5.97. The highest BCUT2D eigenvalue weighted by Crippen LogP contribution is 2.15. The molecule has 5 heteroatoms. The maximum absolute atomic E-state index is 12.0. The quantitative estimate of drug-likeness (QED) is 0.842. The molecule has 1 rings (SSSR count). The van der Waals surface area contributed by atoms with Gasteiger partial charge in [0, 0.05) is 0 Å². The first-order valence-electron chi connectivity index (χ1n) is 5.97. The first-order chi connectivity index (χ1) is 8.36. The number of hydrogen-bond donors (Lipinski definition) is 2. The van der Waals surface area contributed by atoms with E-state index in [-0.39, 0.29) is 5.92 Å². The molecule has 0 bridgehead atoms. The Labute approximate surface area is 106 Å². The summed E-state index contributed by atoms with van der Waals surface area (Å²) in [6, 6.07) is 0.734. The zero-order valence-corrected chi connectivity index (χ0v) is 11.1. The Morgan fingerprint density at radius 3 is 2.44 bits per heavy atom. The summed E-state index contributed by atoms with van der Waals surface area (Å²) in [6.07, 6.45) is 0.681. The van der Waals surface area contributed by atoms with Crippen LogP contribution in [0.5, 0.6) is 0 Å². The highest BCUT2D eigenvalue weighted by atomic mass is 16.4. The third-order valence-corrected chi connectivity index (χ3v) is 3.05. The molecule has 0 aromatic carbocycles. The van der Waals surface area contributed by atoms with Gasteiger partial charge < -0.3 is 14.8 Å². The third kappa shape index (κ3) is 3.12. The molecule has 0 saturated heterocycles. The summed E-state index contributed by atoms with van der Waals surface area (Å²) in [7, 11) is 0. The van der Waals surface area contributed by atoms with Crippen molar-refractivity contribution in [2.45, 2.75) is 40.2 Å². The lowest BCUT2D eigenvalue weighted by Gasteiger charge is -2.19. The predicted octanol–water partition coefficient (Wildman–Crippen LogP) is 2.13. The molecule has 1 heterocycles. The lowest BCUT2D eigenvalue weighted by atomic mass is 9.99. The summed E-state index contributed by atoms with van der Waals surface area (Å²) in [5.41, 5.74) is 0.391. The number of rotatable bonds is 5. The molecular formula is C13H19NO4. The normalized spacial score (nSPS) is 14.0. The number of carboxylic acids is 1. The molecule has 0 unspecified atom stereocenters. The minimum absolute atomic E-state index is 0.125. The van der Waals surface area contributed by atoms with Crippen LogP contribution in [0.4, 0.5) is 0 Å². The SMILES string of the molecule is CC[C@H](C)[C@H](NC(=O)c1cc(C)oc1C)C(=O)O. The van der Waals surface area contributed by atoms with Crippen LogP contribution in [0, 0.1) is 19.8 Å². The number of carboxylic acid groups (broad SMARTS) is 1. The lowest BCUT2D eigenvalue weighted by molar-refractivity contribution is -0.140. The van der Waals surface area contributed by atoms with E-state index in [2.05, 4.69) is 5.32 Å². The molecule has 0 aliphatic rings. The van der Waals surface area contributed by atoms with E-state index in [1.165, 1.54) is 0 Å². The zero-order chi connectivity index (χ0) is 13.9. The van der Waals surface area contributed by atoms with Crippen LogP contribution in [0.3, 0.4) is 0 Å². The first kappa shape index (κ1) is 14.3. The zero-order valence-electron chi connectivity index (χ0n) is 11.1. The number of carbonyl (C=O) groups is 2. The van der Waals surface area contributed by atoms with Crippen molar-refractivity contribution in [3.63, 3.8) is 0 Å². The van der Waals surface area contributed by atoms with E-state index in [0.29, 0.717) is 23.5 Å². The van der Waals surface area contributed by atoms with Gasteiger partial charge in [-0.1, -0.05) is 20.3 Å². The largest absolute Gasteiger partial charge is 0.480 e. The summed E-state index contributed by atoms with van der Waals surface area (Å²) in [6.45, 7) is 7.11. The van der Waals surface area contributed by atoms with E-state index in [4.69, 9.17) is 9.52 Å². The summed E-state index contributed by atoms with van der Waals surface area (Å²) in [4.78, 5) is 23.1. The van der Waals surface area contributed by atoms with E-state index in [0.717, 1.165) is 0 Å². The van der Waals surface area contributed by atoms with E-state index in [9.17, 15) is 9.59 Å². The fourth-order valence-corrected chi connectivity index (χ4v) is 1.76. The van der Waals surface area contributed by atoms with Gasteiger partial charge in [-0.05, 0) is 25.8 Å². The monoisotopic (exact) mass is 253 g/mol. The van der Waals surface area contributed by atoms with Crippen molar-refractivity contribution in [1.82, 2.24) is 5.32 Å². The maximum Gasteiger partial charge on any atom is 0.326 e. The van der Waals surface area contributed by atoms with Crippen molar-refractivity contribution in [3.8, 4) is 0 Å². The van der Waals surface area contributed by atoms with Crippen molar-refractivity contribution < 1.29 is 19.1 Å². The number of amides is 1. The van der Waals surface area contributed by atoms with Gasteiger partial charge in [-0.25, -0.2) is 4.79 Å². The molecule has 0 radical (unpaired) electrons. The minimum Gasteiger partial charge on any atom is -0.480 e. The van der Waals surface area contributed by atoms with Crippen LogP contribution < -0.4 is 5.32 Å². The Bertz CT molecular complexity index is 450. The number of furan rings is 1. The number of carbonyl (C=O) groups excluding carboxylic acids is 1. The van der Waals surface area contributed by atoms with Crippen LogP contribution in [-0.4, -0.2) is 23.0 Å². The van der Waals surface area contributed by atoms with Crippen LogP contribution in [0.1, 0.15) is 42.1 Å². The van der Waals surface area contributed by atoms with Gasteiger partial charge >= 0.3 is 5.97 Å². The topological polar surface area (TPSA) is 79.5 Å². The Kier molecular flexibility index (Phi) is 4.53. The second-order valence-corrected chi connectivity index (χ2v) is 4.50. The van der Waals surface area contributed by atoms with Crippen LogP contribution in [0.15, 0.2) is 10.5 Å². The van der Waals surface area contributed by atoms with E-state index in [1.54, 1.807) is 26.8 Å². The van der Waals surface area contributed by atoms with E-state index < -0.39 is 17.9 Å². The van der Waals surface area contributed by atoms with Gasteiger partial charge in [0.1, 0.15) is 17.6 Å². The summed E-state index contributed by atoms with van der Waals surface area (Å²) in [5, 5.41) is 11.6. The van der Waals surface area contributed by atoms with Gasteiger partial charge in [0.2, 0.25) is 0 Å². The highest BCUT2D eigenvalue weighted by molar-refractivity contribution is 5.97. The molecule has 2 N–H and O–H groups in total. The molecule has 5 nitrogen and oxygen atoms in total. The standard InChI is InChI=1S/C13H19NO4/c1-5-7(2)11(13(16)17)14-12(15)10-6-8(3)18-9(10)4/h6-7,11H,5H2,1-4H3,(H,14,15)(H,16,17)/t7-,11-/m0/s1. The molecule has 1 aromatic heterocycles. The van der Waals surface area contributed by atoms with E-state index in [1.807, 2.05) is 6.92 Å². The van der Waals surface area contributed by atoms with Crippen molar-refractivity contribution in [2.24, 2.45) is 5.92 Å². The average molecular weight is 253 g/mol. The Morgan fingerprint density at radius 1 is 1.44 bits per heavy atom. The average Bonchev–Trinajstić information content (AvgIpc) is 2.63. The Balaban J connectivity index is 2.85. The second-order valence-electron chi connectivity index (χ2n) is 4.50.